The van der Waals surface area contributed by atoms with Crippen LogP contribution in [0.3, 0.4) is 0 Å². The summed E-state index contributed by atoms with van der Waals surface area (Å²) >= 11 is 0. The van der Waals surface area contributed by atoms with Gasteiger partial charge in [0.15, 0.2) is 0 Å². The number of fused-ring (bicyclic) bond motifs is 2. The van der Waals surface area contributed by atoms with Crippen LogP contribution in [0.25, 0.3) is 0 Å². The number of aliphatic hydroxyl groups is 1. The zero-order valence-electron chi connectivity index (χ0n) is 14.6. The molecule has 25 heavy (non-hydrogen) atoms. The first-order valence-corrected chi connectivity index (χ1v) is 9.28. The third-order valence-corrected chi connectivity index (χ3v) is 5.95. The second-order valence-corrected chi connectivity index (χ2v) is 7.61. The Labute approximate surface area is 146 Å². The normalized spacial score (nSPS) is 31.5. The van der Waals surface area contributed by atoms with Crippen LogP contribution < -0.4 is 5.63 Å². The van der Waals surface area contributed by atoms with Crippen LogP contribution in [0.15, 0.2) is 15.3 Å². The molecule has 3 saturated heterocycles. The summed E-state index contributed by atoms with van der Waals surface area (Å²) in [6, 6.07) is 2.03. The van der Waals surface area contributed by atoms with Crippen LogP contribution in [0.5, 0.6) is 0 Å². The first-order valence-electron chi connectivity index (χ1n) is 9.28. The summed E-state index contributed by atoms with van der Waals surface area (Å²) in [5.41, 5.74) is 0.260. The van der Waals surface area contributed by atoms with Crippen molar-refractivity contribution in [3.63, 3.8) is 0 Å². The zero-order chi connectivity index (χ0) is 17.6. The number of ether oxygens (including phenoxy) is 1. The third kappa shape index (κ3) is 2.91. The van der Waals surface area contributed by atoms with E-state index in [-0.39, 0.29) is 42.2 Å². The molecule has 6 nitrogen and oxygen atoms in total. The van der Waals surface area contributed by atoms with E-state index in [0.717, 1.165) is 38.5 Å². The summed E-state index contributed by atoms with van der Waals surface area (Å²) < 4.78 is 11.0. The van der Waals surface area contributed by atoms with Gasteiger partial charge in [0.2, 0.25) is 0 Å². The molecule has 0 aromatic carbocycles. The maximum atomic E-state index is 13.1. The average molecular weight is 347 g/mol. The van der Waals surface area contributed by atoms with Crippen molar-refractivity contribution >= 4 is 5.91 Å². The van der Waals surface area contributed by atoms with Crippen LogP contribution >= 0.6 is 0 Å². The molecule has 1 aromatic heterocycles. The Morgan fingerprint density at radius 1 is 1.28 bits per heavy atom. The molecule has 1 aromatic rings. The van der Waals surface area contributed by atoms with Gasteiger partial charge in [-0.15, -0.1) is 0 Å². The van der Waals surface area contributed by atoms with Gasteiger partial charge in [0.25, 0.3) is 5.91 Å². The Hall–Kier alpha value is -1.66. The summed E-state index contributed by atoms with van der Waals surface area (Å²) in [6.45, 7) is 2.65. The fourth-order valence-electron chi connectivity index (χ4n) is 4.75. The van der Waals surface area contributed by atoms with Crippen molar-refractivity contribution < 1.29 is 19.1 Å². The van der Waals surface area contributed by atoms with Crippen LogP contribution in [0, 0.1) is 12.8 Å². The molecule has 0 aliphatic carbocycles. The highest BCUT2D eigenvalue weighted by Crippen LogP contribution is 2.39. The number of nitrogens with zero attached hydrogens (tertiary/aromatic N) is 1. The highest BCUT2D eigenvalue weighted by Gasteiger charge is 2.44. The lowest BCUT2D eigenvalue weighted by Gasteiger charge is -2.38. The van der Waals surface area contributed by atoms with E-state index in [4.69, 9.17) is 9.15 Å². The van der Waals surface area contributed by atoms with Crippen LogP contribution in [-0.4, -0.2) is 41.2 Å². The second kappa shape index (κ2) is 6.57. The average Bonchev–Trinajstić information content (AvgIpc) is 3.20. The first-order chi connectivity index (χ1) is 12.1. The molecular formula is C19H25NO5. The van der Waals surface area contributed by atoms with Gasteiger partial charge in [0, 0.05) is 25.3 Å². The fourth-order valence-corrected chi connectivity index (χ4v) is 4.75. The lowest BCUT2D eigenvalue weighted by Crippen LogP contribution is -2.48. The standard InChI is InChI=1S/C19H25NO5/c1-11-7-16(15-3-2-6-24-15)25-19(23)17(11)18(22)20-13-4-5-14(20)9-12(8-13)10-21/h7,12-15,21H,2-6,8-10H2,1H3/t12?,13-,14+,15?. The number of aryl methyl sites for hydroxylation is 1. The molecular weight excluding hydrogens is 322 g/mol. The molecule has 2 unspecified atom stereocenters. The van der Waals surface area contributed by atoms with Gasteiger partial charge >= 0.3 is 5.63 Å². The zero-order valence-corrected chi connectivity index (χ0v) is 14.6. The topological polar surface area (TPSA) is 80.0 Å². The van der Waals surface area contributed by atoms with Crippen molar-refractivity contribution in [2.75, 3.05) is 13.2 Å². The number of carbonyl (C=O) groups is 1. The van der Waals surface area contributed by atoms with Crippen molar-refractivity contribution in [2.45, 2.75) is 63.6 Å². The van der Waals surface area contributed by atoms with Crippen molar-refractivity contribution in [3.05, 3.63) is 33.4 Å². The number of hydrogen-bond donors (Lipinski definition) is 1. The summed E-state index contributed by atoms with van der Waals surface area (Å²) in [5, 5.41) is 9.44. The van der Waals surface area contributed by atoms with Gasteiger partial charge in [0.1, 0.15) is 17.4 Å². The minimum absolute atomic E-state index is 0.125. The minimum Gasteiger partial charge on any atom is -0.424 e. The smallest absolute Gasteiger partial charge is 0.349 e. The van der Waals surface area contributed by atoms with E-state index in [1.165, 1.54) is 0 Å². The van der Waals surface area contributed by atoms with Gasteiger partial charge in [-0.25, -0.2) is 4.79 Å². The van der Waals surface area contributed by atoms with E-state index < -0.39 is 5.63 Å². The minimum atomic E-state index is -0.556. The molecule has 4 heterocycles. The number of rotatable bonds is 3. The number of carbonyl (C=O) groups excluding carboxylic acids is 1. The molecule has 1 amide bonds. The Kier molecular flexibility index (Phi) is 4.41. The molecule has 0 radical (unpaired) electrons. The molecule has 3 aliphatic heterocycles. The maximum Gasteiger partial charge on any atom is 0.349 e. The van der Waals surface area contributed by atoms with Crippen LogP contribution in [-0.2, 0) is 4.74 Å². The third-order valence-electron chi connectivity index (χ3n) is 5.95. The highest BCUT2D eigenvalue weighted by molar-refractivity contribution is 5.95. The van der Waals surface area contributed by atoms with Gasteiger partial charge in [0.05, 0.1) is 0 Å². The monoisotopic (exact) mass is 347 g/mol. The van der Waals surface area contributed by atoms with Crippen molar-refractivity contribution in [1.29, 1.82) is 0 Å². The molecule has 4 atom stereocenters. The Morgan fingerprint density at radius 2 is 2.00 bits per heavy atom. The van der Waals surface area contributed by atoms with Crippen molar-refractivity contribution in [2.24, 2.45) is 5.92 Å². The maximum absolute atomic E-state index is 13.1. The Bertz CT molecular complexity index is 707. The van der Waals surface area contributed by atoms with Gasteiger partial charge < -0.3 is 19.2 Å². The summed E-state index contributed by atoms with van der Waals surface area (Å²) in [5.74, 6) is 0.577. The van der Waals surface area contributed by atoms with E-state index in [2.05, 4.69) is 0 Å². The predicted molar refractivity (Wildman–Crippen MR) is 90.4 cm³/mol. The van der Waals surface area contributed by atoms with Crippen LogP contribution in [0.2, 0.25) is 0 Å². The number of hydrogen-bond acceptors (Lipinski definition) is 5. The summed E-state index contributed by atoms with van der Waals surface area (Å²) in [6.07, 6.45) is 5.16. The van der Waals surface area contributed by atoms with Gasteiger partial charge in [-0.3, -0.25) is 4.79 Å². The highest BCUT2D eigenvalue weighted by atomic mass is 16.5. The molecule has 3 fully saturated rings. The van der Waals surface area contributed by atoms with Crippen LogP contribution in [0.4, 0.5) is 0 Å². The molecule has 6 heteroatoms. The Morgan fingerprint density at radius 3 is 2.56 bits per heavy atom. The summed E-state index contributed by atoms with van der Waals surface area (Å²) in [4.78, 5) is 27.5. The van der Waals surface area contributed by atoms with Crippen molar-refractivity contribution in [3.8, 4) is 0 Å². The lowest BCUT2D eigenvalue weighted by atomic mass is 9.90. The van der Waals surface area contributed by atoms with Gasteiger partial charge in [-0.1, -0.05) is 0 Å². The Balaban J connectivity index is 1.61. The summed E-state index contributed by atoms with van der Waals surface area (Å²) in [7, 11) is 0. The predicted octanol–water partition coefficient (Wildman–Crippen LogP) is 2.18. The van der Waals surface area contributed by atoms with E-state index >= 15 is 0 Å². The SMILES string of the molecule is Cc1cc(C2CCCO2)oc(=O)c1C(=O)N1[C@@H]2CC[C@H]1CC(CO)C2. The number of piperidine rings is 1. The first kappa shape index (κ1) is 16.8. The lowest BCUT2D eigenvalue weighted by molar-refractivity contribution is 0.0445. The van der Waals surface area contributed by atoms with E-state index in [1.807, 2.05) is 4.90 Å². The van der Waals surface area contributed by atoms with E-state index in [0.29, 0.717) is 17.9 Å². The molecule has 4 rings (SSSR count). The number of amides is 1. The van der Waals surface area contributed by atoms with Gasteiger partial charge in [-0.2, -0.15) is 0 Å². The fraction of sp³-hybridized carbons (Fsp3) is 0.684. The number of aliphatic hydroxyl groups excluding tert-OH is 1. The van der Waals surface area contributed by atoms with E-state index in [9.17, 15) is 14.7 Å². The molecule has 0 spiro atoms. The largest absolute Gasteiger partial charge is 0.424 e. The quantitative estimate of drug-likeness (QED) is 0.906. The molecule has 136 valence electrons. The second-order valence-electron chi connectivity index (χ2n) is 7.61. The molecule has 3 aliphatic rings. The molecule has 0 saturated carbocycles. The molecule has 1 N–H and O–H groups in total. The van der Waals surface area contributed by atoms with E-state index in [1.54, 1.807) is 13.0 Å². The van der Waals surface area contributed by atoms with Crippen molar-refractivity contribution in [1.82, 2.24) is 4.90 Å². The van der Waals surface area contributed by atoms with Gasteiger partial charge in [-0.05, 0) is 63.0 Å². The molecule has 2 bridgehead atoms. The van der Waals surface area contributed by atoms with Crippen LogP contribution in [0.1, 0.15) is 66.3 Å².